The molecule has 0 spiro atoms. The molecule has 3 N–H and O–H groups in total. The van der Waals surface area contributed by atoms with Gasteiger partial charge in [0, 0.05) is 53.1 Å². The van der Waals surface area contributed by atoms with E-state index in [-0.39, 0.29) is 11.1 Å². The van der Waals surface area contributed by atoms with Crippen LogP contribution in [0.5, 0.6) is 0 Å². The molecular formula is C30H36ClN5O4. The molecule has 4 aromatic rings. The highest BCUT2D eigenvalue weighted by Crippen LogP contribution is 2.25. The first-order valence-electron chi connectivity index (χ1n) is 13.0. The smallest absolute Gasteiger partial charge is 0.337 e. The standard InChI is InChI=1S/C18H26ClN3.2C6H5NO2/c1-4-22(5-2)12-6-7-14(3)21-17-10-11-20-18-13-15(19)8-9-16(17)18;2*8-6(9)5-2-1-3-7-4-5/h8-11,13-14H,4-7,12H2,1-3H3,(H,20,21);2*1-4H,(H,8,9). The van der Waals surface area contributed by atoms with Crippen molar-refractivity contribution in [3.8, 4) is 0 Å². The molecule has 0 aliphatic carbocycles. The number of halogens is 1. The molecule has 212 valence electrons. The van der Waals surface area contributed by atoms with Crippen LogP contribution >= 0.6 is 11.6 Å². The van der Waals surface area contributed by atoms with Gasteiger partial charge in [-0.05, 0) is 87.9 Å². The summed E-state index contributed by atoms with van der Waals surface area (Å²) in [5, 5.41) is 22.2. The van der Waals surface area contributed by atoms with Gasteiger partial charge >= 0.3 is 11.9 Å². The van der Waals surface area contributed by atoms with Crippen LogP contribution in [-0.4, -0.2) is 67.7 Å². The molecule has 0 saturated heterocycles. The van der Waals surface area contributed by atoms with Gasteiger partial charge in [0.1, 0.15) is 0 Å². The summed E-state index contributed by atoms with van der Waals surface area (Å²) in [6, 6.07) is 14.5. The third kappa shape index (κ3) is 11.3. The molecule has 0 fully saturated rings. The van der Waals surface area contributed by atoms with Gasteiger partial charge in [-0.3, -0.25) is 15.0 Å². The van der Waals surface area contributed by atoms with Crippen molar-refractivity contribution < 1.29 is 19.8 Å². The van der Waals surface area contributed by atoms with Crippen LogP contribution in [0.4, 0.5) is 5.69 Å². The number of aromatic carboxylic acids is 2. The van der Waals surface area contributed by atoms with E-state index in [1.165, 1.54) is 49.9 Å². The van der Waals surface area contributed by atoms with Crippen LogP contribution in [0.2, 0.25) is 5.02 Å². The van der Waals surface area contributed by atoms with Gasteiger partial charge in [-0.25, -0.2) is 9.59 Å². The Morgan fingerprint density at radius 2 is 1.52 bits per heavy atom. The first-order valence-corrected chi connectivity index (χ1v) is 13.4. The predicted octanol–water partition coefficient (Wildman–Crippen LogP) is 6.37. The SMILES string of the molecule is CCN(CC)CCCC(C)Nc1ccnc2cc(Cl)ccc12.O=C(O)c1cccnc1.O=C(O)c1cccnc1. The van der Waals surface area contributed by atoms with Gasteiger partial charge in [0.2, 0.25) is 0 Å². The second-order valence-corrected chi connectivity index (χ2v) is 9.26. The summed E-state index contributed by atoms with van der Waals surface area (Å²) in [5.74, 6) is -1.88. The van der Waals surface area contributed by atoms with Crippen molar-refractivity contribution in [1.82, 2.24) is 19.9 Å². The molecule has 0 aliphatic rings. The van der Waals surface area contributed by atoms with Crippen LogP contribution in [0.3, 0.4) is 0 Å². The van der Waals surface area contributed by atoms with Crippen molar-refractivity contribution in [2.24, 2.45) is 0 Å². The van der Waals surface area contributed by atoms with E-state index in [0.29, 0.717) is 6.04 Å². The van der Waals surface area contributed by atoms with E-state index >= 15 is 0 Å². The van der Waals surface area contributed by atoms with E-state index in [0.717, 1.165) is 41.1 Å². The first kappa shape index (κ1) is 32.1. The number of carboxylic acid groups (broad SMARTS) is 2. The maximum atomic E-state index is 10.2. The summed E-state index contributed by atoms with van der Waals surface area (Å²) in [4.78, 5) is 34.4. The van der Waals surface area contributed by atoms with E-state index < -0.39 is 11.9 Å². The van der Waals surface area contributed by atoms with Crippen molar-refractivity contribution in [2.75, 3.05) is 25.0 Å². The third-order valence-electron chi connectivity index (χ3n) is 5.93. The monoisotopic (exact) mass is 565 g/mol. The first-order chi connectivity index (χ1) is 19.2. The molecule has 0 saturated carbocycles. The molecule has 4 rings (SSSR count). The average Bonchev–Trinajstić information content (AvgIpc) is 2.97. The van der Waals surface area contributed by atoms with Gasteiger partial charge in [-0.15, -0.1) is 0 Å². The maximum Gasteiger partial charge on any atom is 0.337 e. The zero-order valence-corrected chi connectivity index (χ0v) is 23.8. The van der Waals surface area contributed by atoms with E-state index in [9.17, 15) is 9.59 Å². The number of anilines is 1. The quantitative estimate of drug-likeness (QED) is 0.201. The summed E-state index contributed by atoms with van der Waals surface area (Å²) in [5.41, 5.74) is 2.51. The molecule has 3 aromatic heterocycles. The second kappa shape index (κ2) is 17.5. The number of pyridine rings is 3. The fourth-order valence-corrected chi connectivity index (χ4v) is 3.89. The minimum atomic E-state index is -0.942. The Bertz CT molecular complexity index is 1270. The van der Waals surface area contributed by atoms with Crippen LogP contribution in [-0.2, 0) is 0 Å². The number of benzene rings is 1. The molecule has 9 nitrogen and oxygen atoms in total. The fraction of sp³-hybridized carbons (Fsp3) is 0.300. The Labute approximate surface area is 239 Å². The summed E-state index contributed by atoms with van der Waals surface area (Å²) in [7, 11) is 0. The number of hydrogen-bond acceptors (Lipinski definition) is 7. The van der Waals surface area contributed by atoms with Crippen molar-refractivity contribution in [1.29, 1.82) is 0 Å². The highest BCUT2D eigenvalue weighted by molar-refractivity contribution is 6.31. The average molecular weight is 566 g/mol. The lowest BCUT2D eigenvalue weighted by molar-refractivity contribution is 0.0685. The van der Waals surface area contributed by atoms with Crippen LogP contribution in [0.1, 0.15) is 54.3 Å². The third-order valence-corrected chi connectivity index (χ3v) is 6.16. The molecule has 0 radical (unpaired) electrons. The highest BCUT2D eigenvalue weighted by Gasteiger charge is 2.08. The lowest BCUT2D eigenvalue weighted by atomic mass is 10.1. The zero-order chi connectivity index (χ0) is 29.3. The van der Waals surface area contributed by atoms with Crippen molar-refractivity contribution in [3.05, 3.63) is 95.7 Å². The second-order valence-electron chi connectivity index (χ2n) is 8.83. The minimum absolute atomic E-state index is 0.220. The van der Waals surface area contributed by atoms with E-state index in [4.69, 9.17) is 21.8 Å². The molecule has 0 aliphatic heterocycles. The highest BCUT2D eigenvalue weighted by atomic mass is 35.5. The number of rotatable bonds is 10. The Balaban J connectivity index is 0.000000254. The number of hydrogen-bond donors (Lipinski definition) is 3. The van der Waals surface area contributed by atoms with Gasteiger partial charge < -0.3 is 20.4 Å². The number of nitrogens with zero attached hydrogens (tertiary/aromatic N) is 4. The summed E-state index contributed by atoms with van der Waals surface area (Å²) < 4.78 is 0. The largest absolute Gasteiger partial charge is 0.478 e. The lowest BCUT2D eigenvalue weighted by Gasteiger charge is -2.20. The normalized spacial score (nSPS) is 11.0. The molecule has 10 heteroatoms. The number of nitrogens with one attached hydrogen (secondary N) is 1. The minimum Gasteiger partial charge on any atom is -0.478 e. The van der Waals surface area contributed by atoms with Crippen LogP contribution < -0.4 is 5.32 Å². The molecule has 1 atom stereocenters. The van der Waals surface area contributed by atoms with Gasteiger partial charge in [0.05, 0.1) is 16.6 Å². The molecule has 0 bridgehead atoms. The fourth-order valence-electron chi connectivity index (χ4n) is 3.72. The predicted molar refractivity (Wildman–Crippen MR) is 159 cm³/mol. The van der Waals surface area contributed by atoms with Crippen molar-refractivity contribution in [3.63, 3.8) is 0 Å². The van der Waals surface area contributed by atoms with Gasteiger partial charge in [0.15, 0.2) is 0 Å². The van der Waals surface area contributed by atoms with E-state index in [1.54, 1.807) is 12.1 Å². The number of carboxylic acids is 2. The summed E-state index contributed by atoms with van der Waals surface area (Å²) in [6.07, 6.45) is 9.89. The molecule has 40 heavy (non-hydrogen) atoms. The number of carbonyl (C=O) groups is 2. The summed E-state index contributed by atoms with van der Waals surface area (Å²) >= 11 is 6.04. The van der Waals surface area contributed by atoms with Crippen LogP contribution in [0.15, 0.2) is 79.5 Å². The maximum absolute atomic E-state index is 10.2. The number of aromatic nitrogens is 3. The molecule has 3 heterocycles. The topological polar surface area (TPSA) is 129 Å². The van der Waals surface area contributed by atoms with Crippen molar-refractivity contribution >= 4 is 40.1 Å². The Kier molecular flexibility index (Phi) is 14.1. The molecule has 0 amide bonds. The Hall–Kier alpha value is -4.08. The van der Waals surface area contributed by atoms with Gasteiger partial charge in [0.25, 0.3) is 0 Å². The summed E-state index contributed by atoms with van der Waals surface area (Å²) in [6.45, 7) is 10.1. The Morgan fingerprint density at radius 3 is 2.00 bits per heavy atom. The molecule has 1 aromatic carbocycles. The number of fused-ring (bicyclic) bond motifs is 1. The van der Waals surface area contributed by atoms with Gasteiger partial charge in [-0.1, -0.05) is 25.4 Å². The lowest BCUT2D eigenvalue weighted by Crippen LogP contribution is -2.25. The van der Waals surface area contributed by atoms with Crippen LogP contribution in [0.25, 0.3) is 10.9 Å². The van der Waals surface area contributed by atoms with Crippen LogP contribution in [0, 0.1) is 0 Å². The van der Waals surface area contributed by atoms with Gasteiger partial charge in [-0.2, -0.15) is 0 Å². The molecular weight excluding hydrogens is 530 g/mol. The van der Waals surface area contributed by atoms with Crippen molar-refractivity contribution in [2.45, 2.75) is 39.7 Å². The zero-order valence-electron chi connectivity index (χ0n) is 23.0. The van der Waals surface area contributed by atoms with E-state index in [2.05, 4.69) is 45.9 Å². The molecule has 1 unspecified atom stereocenters. The van der Waals surface area contributed by atoms with E-state index in [1.807, 2.05) is 30.5 Å². The Morgan fingerprint density at radius 1 is 0.925 bits per heavy atom.